The predicted molar refractivity (Wildman–Crippen MR) is 139 cm³/mol. The predicted octanol–water partition coefficient (Wildman–Crippen LogP) is 3.17. The van der Waals surface area contributed by atoms with Crippen molar-refractivity contribution in [3.63, 3.8) is 0 Å². The van der Waals surface area contributed by atoms with Gasteiger partial charge in [-0.15, -0.1) is 11.8 Å². The van der Waals surface area contributed by atoms with Gasteiger partial charge in [0.1, 0.15) is 16.9 Å². The van der Waals surface area contributed by atoms with Gasteiger partial charge in [0.25, 0.3) is 11.5 Å². The molecule has 1 aliphatic heterocycles. The zero-order valence-electron chi connectivity index (χ0n) is 20.5. The summed E-state index contributed by atoms with van der Waals surface area (Å²) >= 11 is 1.50. The third-order valence-corrected chi connectivity index (χ3v) is 6.22. The maximum atomic E-state index is 13.5. The molecule has 1 atom stereocenters. The molecule has 0 saturated carbocycles. The van der Waals surface area contributed by atoms with Crippen molar-refractivity contribution in [2.75, 3.05) is 19.5 Å². The molecule has 1 fully saturated rings. The maximum absolute atomic E-state index is 13.5. The zero-order chi connectivity index (χ0) is 25.7. The van der Waals surface area contributed by atoms with Crippen LogP contribution >= 0.6 is 11.8 Å². The largest absolute Gasteiger partial charge is 0.462 e. The molecule has 10 heteroatoms. The van der Waals surface area contributed by atoms with Crippen molar-refractivity contribution in [1.29, 1.82) is 0 Å². The fourth-order valence-electron chi connectivity index (χ4n) is 4.14. The molecular weight excluding hydrogens is 480 g/mol. The van der Waals surface area contributed by atoms with Crippen LogP contribution in [0.25, 0.3) is 16.7 Å². The lowest BCUT2D eigenvalue weighted by Gasteiger charge is -2.18. The van der Waals surface area contributed by atoms with Crippen molar-refractivity contribution in [3.05, 3.63) is 75.0 Å². The quantitative estimate of drug-likeness (QED) is 0.209. The summed E-state index contributed by atoms with van der Waals surface area (Å²) in [4.78, 5) is 48.4. The van der Waals surface area contributed by atoms with Crippen LogP contribution < -0.4 is 11.0 Å². The molecule has 0 radical (unpaired) electrons. The van der Waals surface area contributed by atoms with E-state index >= 15 is 0 Å². The van der Waals surface area contributed by atoms with Crippen LogP contribution in [0, 0.1) is 6.92 Å². The average molecular weight is 509 g/mol. The van der Waals surface area contributed by atoms with Crippen LogP contribution in [0.2, 0.25) is 0 Å². The van der Waals surface area contributed by atoms with Crippen LogP contribution in [0.1, 0.15) is 35.7 Å². The molecule has 0 aliphatic carbocycles. The zero-order valence-corrected chi connectivity index (χ0v) is 21.3. The Hall–Kier alpha value is -3.50. The molecule has 0 aromatic carbocycles. The van der Waals surface area contributed by atoms with Gasteiger partial charge in [-0.25, -0.2) is 9.78 Å². The van der Waals surface area contributed by atoms with E-state index in [1.807, 2.05) is 24.7 Å². The number of allylic oxidation sites excluding steroid dienone is 2. The van der Waals surface area contributed by atoms with E-state index in [1.54, 1.807) is 35.9 Å². The molecule has 1 aliphatic rings. The highest BCUT2D eigenvalue weighted by molar-refractivity contribution is 8.01. The van der Waals surface area contributed by atoms with Crippen LogP contribution in [0.15, 0.2) is 57.8 Å². The van der Waals surface area contributed by atoms with E-state index in [2.05, 4.69) is 4.99 Å². The molecule has 1 amide bonds. The van der Waals surface area contributed by atoms with Crippen LogP contribution in [0.5, 0.6) is 0 Å². The van der Waals surface area contributed by atoms with Gasteiger partial charge in [0, 0.05) is 18.9 Å². The van der Waals surface area contributed by atoms with E-state index in [-0.39, 0.29) is 41.3 Å². The lowest BCUT2D eigenvalue weighted by Crippen LogP contribution is -2.35. The van der Waals surface area contributed by atoms with Crippen LogP contribution in [-0.4, -0.2) is 51.4 Å². The van der Waals surface area contributed by atoms with Gasteiger partial charge in [0.15, 0.2) is 5.49 Å². The standard InChI is InChI=1S/C26H28N4O5S/c1-4-34-26(33)20-15-19-23(28-22-17(2)9-7-12-29(22)25(19)32)30(16-18-10-8-13-35-18)24(20)27-21(31)11-5-6-14-36-3/h5-7,9,11-12,14-15,18H,4,8,10,13,16H2,1-3H3/b11-5+,14-6+,27-24?. The summed E-state index contributed by atoms with van der Waals surface area (Å²) in [6.07, 6.45) is 9.70. The SMILES string of the molecule is CCOC(=O)c1cc2c(=O)n3cccc(C)c3nc2n(CC2CCCO2)c1=NC(=O)/C=C/C=C/SC. The van der Waals surface area contributed by atoms with Crippen LogP contribution in [0.4, 0.5) is 0 Å². The number of amides is 1. The topological polar surface area (TPSA) is 104 Å². The summed E-state index contributed by atoms with van der Waals surface area (Å²) < 4.78 is 14.2. The van der Waals surface area contributed by atoms with E-state index in [0.29, 0.717) is 17.9 Å². The summed E-state index contributed by atoms with van der Waals surface area (Å²) in [7, 11) is 0. The van der Waals surface area contributed by atoms with Crippen molar-refractivity contribution < 1.29 is 19.1 Å². The minimum absolute atomic E-state index is 0.0234. The lowest BCUT2D eigenvalue weighted by atomic mass is 10.1. The number of carbonyl (C=O) groups excluding carboxylic acids is 2. The molecule has 1 saturated heterocycles. The fraction of sp³-hybridized carbons (Fsp3) is 0.346. The first-order valence-corrected chi connectivity index (χ1v) is 13.0. The highest BCUT2D eigenvalue weighted by Gasteiger charge is 2.23. The maximum Gasteiger partial charge on any atom is 0.341 e. The van der Waals surface area contributed by atoms with Gasteiger partial charge in [-0.3, -0.25) is 14.0 Å². The summed E-state index contributed by atoms with van der Waals surface area (Å²) in [5.41, 5.74) is 1.41. The minimum atomic E-state index is -0.674. The van der Waals surface area contributed by atoms with Crippen molar-refractivity contribution in [1.82, 2.24) is 14.0 Å². The highest BCUT2D eigenvalue weighted by atomic mass is 32.2. The normalized spacial score (nSPS) is 16.6. The third kappa shape index (κ3) is 5.34. The number of pyridine rings is 2. The second-order valence-electron chi connectivity index (χ2n) is 8.26. The molecule has 36 heavy (non-hydrogen) atoms. The van der Waals surface area contributed by atoms with Gasteiger partial charge < -0.3 is 14.0 Å². The van der Waals surface area contributed by atoms with Gasteiger partial charge in [-0.2, -0.15) is 4.99 Å². The molecular formula is C26H28N4O5S. The van der Waals surface area contributed by atoms with Gasteiger partial charge in [0.2, 0.25) is 0 Å². The highest BCUT2D eigenvalue weighted by Crippen LogP contribution is 2.18. The van der Waals surface area contributed by atoms with Crippen molar-refractivity contribution in [2.24, 2.45) is 4.99 Å². The first-order chi connectivity index (χ1) is 17.4. The summed E-state index contributed by atoms with van der Waals surface area (Å²) in [6, 6.07) is 5.06. The number of nitrogens with zero attached hydrogens (tertiary/aromatic N) is 4. The minimum Gasteiger partial charge on any atom is -0.462 e. The summed E-state index contributed by atoms with van der Waals surface area (Å²) in [5, 5.41) is 2.05. The molecule has 0 bridgehead atoms. The Bertz CT molecular complexity index is 1500. The number of thioether (sulfide) groups is 1. The number of ether oxygens (including phenoxy) is 2. The molecule has 9 nitrogen and oxygen atoms in total. The van der Waals surface area contributed by atoms with Gasteiger partial charge in [-0.1, -0.05) is 18.2 Å². The van der Waals surface area contributed by atoms with Crippen molar-refractivity contribution in [3.8, 4) is 0 Å². The number of hydrogen-bond donors (Lipinski definition) is 0. The van der Waals surface area contributed by atoms with Gasteiger partial charge in [0.05, 0.1) is 24.6 Å². The molecule has 3 aromatic rings. The number of esters is 1. The number of fused-ring (bicyclic) bond motifs is 2. The first-order valence-electron chi connectivity index (χ1n) is 11.7. The van der Waals surface area contributed by atoms with Crippen molar-refractivity contribution >= 4 is 40.3 Å². The Morgan fingerprint density at radius 3 is 2.89 bits per heavy atom. The Kier molecular flexibility index (Phi) is 8.17. The summed E-state index contributed by atoms with van der Waals surface area (Å²) in [5.74, 6) is -1.23. The number of rotatable bonds is 7. The molecule has 3 aromatic heterocycles. The van der Waals surface area contributed by atoms with Crippen molar-refractivity contribution in [2.45, 2.75) is 39.3 Å². The van der Waals surface area contributed by atoms with Crippen LogP contribution in [-0.2, 0) is 20.8 Å². The lowest BCUT2D eigenvalue weighted by molar-refractivity contribution is -0.113. The first kappa shape index (κ1) is 25.6. The molecule has 0 spiro atoms. The molecule has 1 unspecified atom stereocenters. The number of aromatic nitrogens is 3. The Morgan fingerprint density at radius 2 is 2.17 bits per heavy atom. The summed E-state index contributed by atoms with van der Waals surface area (Å²) in [6.45, 7) is 4.58. The van der Waals surface area contributed by atoms with E-state index < -0.39 is 11.9 Å². The molecule has 4 rings (SSSR count). The van der Waals surface area contributed by atoms with E-state index in [1.165, 1.54) is 28.3 Å². The van der Waals surface area contributed by atoms with E-state index in [0.717, 1.165) is 18.4 Å². The molecule has 4 heterocycles. The van der Waals surface area contributed by atoms with Gasteiger partial charge >= 0.3 is 5.97 Å². The smallest absolute Gasteiger partial charge is 0.341 e. The van der Waals surface area contributed by atoms with E-state index in [9.17, 15) is 14.4 Å². The Labute approximate surface area is 212 Å². The Morgan fingerprint density at radius 1 is 1.33 bits per heavy atom. The number of hydrogen-bond acceptors (Lipinski definition) is 7. The second kappa shape index (κ2) is 11.5. The molecule has 188 valence electrons. The molecule has 0 N–H and O–H groups in total. The third-order valence-electron chi connectivity index (χ3n) is 5.79. The number of carbonyl (C=O) groups is 2. The van der Waals surface area contributed by atoms with E-state index in [4.69, 9.17) is 14.5 Å². The monoisotopic (exact) mass is 508 g/mol. The average Bonchev–Trinajstić information content (AvgIpc) is 3.37. The second-order valence-corrected chi connectivity index (χ2v) is 9.00. The Balaban J connectivity index is 2.07. The number of aryl methyl sites for hydroxylation is 1. The van der Waals surface area contributed by atoms with Crippen LogP contribution in [0.3, 0.4) is 0 Å². The fourth-order valence-corrected chi connectivity index (χ4v) is 4.38. The van der Waals surface area contributed by atoms with Gasteiger partial charge in [-0.05, 0) is 56.0 Å².